The number of piperidine rings is 1. The molecule has 5 heteroatoms. The van der Waals surface area contributed by atoms with Gasteiger partial charge in [0.25, 0.3) is 0 Å². The molecular weight excluding hydrogens is 332 g/mol. The highest BCUT2D eigenvalue weighted by Gasteiger charge is 2.38. The quantitative estimate of drug-likeness (QED) is 0.836. The molecule has 25 heavy (non-hydrogen) atoms. The zero-order chi connectivity index (χ0) is 17.2. The summed E-state index contributed by atoms with van der Waals surface area (Å²) in [6.07, 6.45) is 8.26. The number of aromatic nitrogens is 1. The van der Waals surface area contributed by atoms with E-state index in [2.05, 4.69) is 52.4 Å². The van der Waals surface area contributed by atoms with Gasteiger partial charge in [0.15, 0.2) is 0 Å². The lowest BCUT2D eigenvalue weighted by Crippen LogP contribution is -2.45. The standard InChI is InChI=1S/C20H23ClN4/c1-24-12-2-3-18(14-24)25-20(16-8-10-22-11-9-16)19(13-23-25)15-4-6-17(21)7-5-15/h4-11,13,18-20H,2-3,12,14H2,1H3. The maximum atomic E-state index is 6.08. The summed E-state index contributed by atoms with van der Waals surface area (Å²) in [7, 11) is 2.20. The molecule has 1 aromatic heterocycles. The zero-order valence-corrected chi connectivity index (χ0v) is 15.2. The van der Waals surface area contributed by atoms with Gasteiger partial charge in [0.1, 0.15) is 0 Å². The number of nitrogens with zero attached hydrogens (tertiary/aromatic N) is 4. The molecule has 3 heterocycles. The molecule has 130 valence electrons. The molecule has 2 aromatic rings. The number of benzene rings is 1. The summed E-state index contributed by atoms with van der Waals surface area (Å²) in [5, 5.41) is 7.95. The molecule has 0 saturated carbocycles. The Bertz CT molecular complexity index is 731. The van der Waals surface area contributed by atoms with E-state index in [-0.39, 0.29) is 12.0 Å². The van der Waals surface area contributed by atoms with Crippen LogP contribution in [-0.2, 0) is 0 Å². The zero-order valence-electron chi connectivity index (χ0n) is 14.4. The average molecular weight is 355 g/mol. The minimum atomic E-state index is 0.209. The van der Waals surface area contributed by atoms with Gasteiger partial charge in [-0.1, -0.05) is 23.7 Å². The van der Waals surface area contributed by atoms with Crippen molar-refractivity contribution < 1.29 is 0 Å². The summed E-state index contributed by atoms with van der Waals surface area (Å²) in [5.41, 5.74) is 2.52. The van der Waals surface area contributed by atoms with Crippen molar-refractivity contribution in [3.05, 3.63) is 64.9 Å². The van der Waals surface area contributed by atoms with Crippen molar-refractivity contribution in [3.8, 4) is 0 Å². The number of halogens is 1. The van der Waals surface area contributed by atoms with E-state index in [1.54, 1.807) is 0 Å². The first-order valence-electron chi connectivity index (χ1n) is 8.89. The van der Waals surface area contributed by atoms with Gasteiger partial charge < -0.3 is 4.90 Å². The molecule has 2 aliphatic rings. The van der Waals surface area contributed by atoms with Crippen molar-refractivity contribution in [1.82, 2.24) is 14.9 Å². The molecule has 4 nitrogen and oxygen atoms in total. The lowest BCUT2D eigenvalue weighted by molar-refractivity contribution is 0.0849. The molecule has 0 spiro atoms. The summed E-state index contributed by atoms with van der Waals surface area (Å²) in [6.45, 7) is 2.24. The fraction of sp³-hybridized carbons (Fsp3) is 0.400. The second-order valence-corrected chi connectivity index (χ2v) is 7.44. The molecule has 2 aliphatic heterocycles. The Morgan fingerprint density at radius 2 is 1.80 bits per heavy atom. The van der Waals surface area contributed by atoms with Crippen LogP contribution in [0.1, 0.15) is 35.9 Å². The minimum Gasteiger partial charge on any atom is -0.304 e. The number of likely N-dealkylation sites (N-methyl/N-ethyl adjacent to an activating group) is 1. The lowest BCUT2D eigenvalue weighted by atomic mass is 9.88. The molecule has 0 aliphatic carbocycles. The average Bonchev–Trinajstić information content (AvgIpc) is 3.08. The summed E-state index contributed by atoms with van der Waals surface area (Å²) in [4.78, 5) is 6.60. The van der Waals surface area contributed by atoms with Crippen LogP contribution in [0.3, 0.4) is 0 Å². The van der Waals surface area contributed by atoms with Gasteiger partial charge in [0, 0.05) is 36.1 Å². The molecule has 1 fully saturated rings. The van der Waals surface area contributed by atoms with Crippen LogP contribution in [0.4, 0.5) is 0 Å². The Hall–Kier alpha value is -1.91. The van der Waals surface area contributed by atoms with Crippen LogP contribution in [0.15, 0.2) is 53.9 Å². The van der Waals surface area contributed by atoms with Gasteiger partial charge >= 0.3 is 0 Å². The number of hydrazone groups is 1. The lowest BCUT2D eigenvalue weighted by Gasteiger charge is -2.39. The first kappa shape index (κ1) is 16.6. The molecule has 0 amide bonds. The van der Waals surface area contributed by atoms with Crippen LogP contribution in [0.2, 0.25) is 5.02 Å². The van der Waals surface area contributed by atoms with Crippen molar-refractivity contribution in [2.45, 2.75) is 30.8 Å². The van der Waals surface area contributed by atoms with E-state index in [4.69, 9.17) is 16.7 Å². The monoisotopic (exact) mass is 354 g/mol. The van der Waals surface area contributed by atoms with E-state index in [9.17, 15) is 0 Å². The number of likely N-dealkylation sites (tertiary alicyclic amines) is 1. The Kier molecular flexibility index (Phi) is 4.73. The van der Waals surface area contributed by atoms with Crippen molar-refractivity contribution in [3.63, 3.8) is 0 Å². The Labute approximate surface area is 154 Å². The van der Waals surface area contributed by atoms with Gasteiger partial charge in [-0.2, -0.15) is 5.10 Å². The third-order valence-corrected chi connectivity index (χ3v) is 5.51. The van der Waals surface area contributed by atoms with E-state index in [1.165, 1.54) is 30.5 Å². The van der Waals surface area contributed by atoms with Crippen LogP contribution < -0.4 is 0 Å². The van der Waals surface area contributed by atoms with E-state index in [0.29, 0.717) is 6.04 Å². The van der Waals surface area contributed by atoms with Crippen molar-refractivity contribution in [2.75, 3.05) is 20.1 Å². The van der Waals surface area contributed by atoms with Crippen LogP contribution in [-0.4, -0.2) is 47.3 Å². The summed E-state index contributed by atoms with van der Waals surface area (Å²) in [5.74, 6) is 0.229. The molecular formula is C20H23ClN4. The fourth-order valence-corrected chi connectivity index (χ4v) is 4.14. The van der Waals surface area contributed by atoms with Gasteiger partial charge in [-0.3, -0.25) is 9.99 Å². The summed E-state index contributed by atoms with van der Waals surface area (Å²) in [6, 6.07) is 13.0. The number of hydrogen-bond donors (Lipinski definition) is 0. The highest BCUT2D eigenvalue weighted by atomic mass is 35.5. The first-order chi connectivity index (χ1) is 12.2. The van der Waals surface area contributed by atoms with Crippen LogP contribution in [0.25, 0.3) is 0 Å². The molecule has 0 bridgehead atoms. The predicted molar refractivity (Wildman–Crippen MR) is 102 cm³/mol. The van der Waals surface area contributed by atoms with E-state index in [0.717, 1.165) is 11.6 Å². The maximum Gasteiger partial charge on any atom is 0.0843 e. The third kappa shape index (κ3) is 3.42. The summed E-state index contributed by atoms with van der Waals surface area (Å²) >= 11 is 6.08. The molecule has 0 N–H and O–H groups in total. The van der Waals surface area contributed by atoms with E-state index < -0.39 is 0 Å². The Balaban J connectivity index is 1.68. The molecule has 3 unspecified atom stereocenters. The highest BCUT2D eigenvalue weighted by molar-refractivity contribution is 6.30. The van der Waals surface area contributed by atoms with Crippen LogP contribution in [0.5, 0.6) is 0 Å². The smallest absolute Gasteiger partial charge is 0.0843 e. The Morgan fingerprint density at radius 1 is 1.04 bits per heavy atom. The molecule has 4 rings (SSSR count). The first-order valence-corrected chi connectivity index (χ1v) is 9.26. The van der Waals surface area contributed by atoms with Gasteiger partial charge in [-0.05, 0) is 61.8 Å². The number of pyridine rings is 1. The van der Waals surface area contributed by atoms with Crippen molar-refractivity contribution >= 4 is 17.8 Å². The van der Waals surface area contributed by atoms with Gasteiger partial charge in [0.2, 0.25) is 0 Å². The Morgan fingerprint density at radius 3 is 2.52 bits per heavy atom. The van der Waals surface area contributed by atoms with Crippen molar-refractivity contribution in [1.29, 1.82) is 0 Å². The molecule has 0 radical (unpaired) electrons. The topological polar surface area (TPSA) is 31.7 Å². The van der Waals surface area contributed by atoms with Crippen molar-refractivity contribution in [2.24, 2.45) is 5.10 Å². The largest absolute Gasteiger partial charge is 0.304 e. The van der Waals surface area contributed by atoms with Crippen LogP contribution >= 0.6 is 11.6 Å². The second-order valence-electron chi connectivity index (χ2n) is 7.01. The number of hydrogen-bond acceptors (Lipinski definition) is 4. The predicted octanol–water partition coefficient (Wildman–Crippen LogP) is 3.96. The van der Waals surface area contributed by atoms with E-state index in [1.807, 2.05) is 24.5 Å². The SMILES string of the molecule is CN1CCCC(N2N=CC(c3ccc(Cl)cc3)C2c2ccncc2)C1. The highest BCUT2D eigenvalue weighted by Crippen LogP contribution is 2.41. The second kappa shape index (κ2) is 7.14. The van der Waals surface area contributed by atoms with Gasteiger partial charge in [-0.25, -0.2) is 0 Å². The molecule has 1 saturated heterocycles. The van der Waals surface area contributed by atoms with Crippen LogP contribution in [0, 0.1) is 0 Å². The van der Waals surface area contributed by atoms with E-state index >= 15 is 0 Å². The molecule has 3 atom stereocenters. The fourth-order valence-electron chi connectivity index (χ4n) is 4.02. The number of rotatable bonds is 3. The third-order valence-electron chi connectivity index (χ3n) is 5.26. The maximum absolute atomic E-state index is 6.08. The van der Waals surface area contributed by atoms with Gasteiger partial charge in [0.05, 0.1) is 12.1 Å². The van der Waals surface area contributed by atoms with Gasteiger partial charge in [-0.15, -0.1) is 0 Å². The summed E-state index contributed by atoms with van der Waals surface area (Å²) < 4.78 is 0. The normalized spacial score (nSPS) is 27.0. The minimum absolute atomic E-state index is 0.209. The molecule has 1 aromatic carbocycles.